The van der Waals surface area contributed by atoms with Crippen molar-refractivity contribution in [2.24, 2.45) is 5.92 Å². The normalized spacial score (nSPS) is 18.8. The van der Waals surface area contributed by atoms with Crippen LogP contribution >= 0.6 is 0 Å². The second-order valence-electron chi connectivity index (χ2n) is 3.36. The van der Waals surface area contributed by atoms with E-state index in [0.717, 1.165) is 5.92 Å². The van der Waals surface area contributed by atoms with Crippen molar-refractivity contribution in [1.82, 2.24) is 0 Å². The van der Waals surface area contributed by atoms with E-state index in [9.17, 15) is 0 Å². The largest absolute Gasteiger partial charge is 0.0813 e. The lowest BCUT2D eigenvalue weighted by atomic mass is 9.92. The molecule has 0 spiro atoms. The van der Waals surface area contributed by atoms with Crippen LogP contribution < -0.4 is 0 Å². The zero-order valence-corrected chi connectivity index (χ0v) is 7.15. The van der Waals surface area contributed by atoms with E-state index < -0.39 is 0 Å². The lowest BCUT2D eigenvalue weighted by Crippen LogP contribution is -1.97. The molecule has 0 unspecified atom stereocenters. The summed E-state index contributed by atoms with van der Waals surface area (Å²) in [7, 11) is 0. The van der Waals surface area contributed by atoms with Gasteiger partial charge in [-0.05, 0) is 25.7 Å². The topological polar surface area (TPSA) is 0 Å². The van der Waals surface area contributed by atoms with E-state index in [1.807, 2.05) is 0 Å². The van der Waals surface area contributed by atoms with E-state index >= 15 is 0 Å². The molecule has 1 aliphatic rings. The van der Waals surface area contributed by atoms with Crippen molar-refractivity contribution in [3.63, 3.8) is 0 Å². The number of hydrogen-bond acceptors (Lipinski definition) is 0. The highest BCUT2D eigenvalue weighted by Crippen LogP contribution is 2.22. The molecule has 0 radical (unpaired) electrons. The monoisotopic (exact) mass is 136 g/mol. The Kier molecular flexibility index (Phi) is 2.31. The van der Waals surface area contributed by atoms with Crippen molar-refractivity contribution in [2.75, 3.05) is 0 Å². The first-order chi connectivity index (χ1) is 4.70. The Labute approximate surface area is 63.6 Å². The second kappa shape index (κ2) is 3.05. The summed E-state index contributed by atoms with van der Waals surface area (Å²) in [5, 5.41) is 0. The van der Waals surface area contributed by atoms with E-state index in [4.69, 9.17) is 0 Å². The van der Waals surface area contributed by atoms with Crippen LogP contribution in [0.15, 0.2) is 23.3 Å². The van der Waals surface area contributed by atoms with Crippen LogP contribution in [0.3, 0.4) is 0 Å². The molecule has 0 saturated heterocycles. The van der Waals surface area contributed by atoms with Gasteiger partial charge in [-0.2, -0.15) is 0 Å². The van der Waals surface area contributed by atoms with Crippen LogP contribution in [0.25, 0.3) is 0 Å². The zero-order valence-electron chi connectivity index (χ0n) is 7.15. The van der Waals surface area contributed by atoms with Crippen molar-refractivity contribution in [1.29, 1.82) is 0 Å². The van der Waals surface area contributed by atoms with Gasteiger partial charge in [0, 0.05) is 0 Å². The van der Waals surface area contributed by atoms with Crippen LogP contribution in [-0.2, 0) is 0 Å². The average molecular weight is 136 g/mol. The summed E-state index contributed by atoms with van der Waals surface area (Å²) in [6.45, 7) is 6.72. The summed E-state index contributed by atoms with van der Waals surface area (Å²) in [4.78, 5) is 0. The number of rotatable bonds is 1. The molecule has 0 aromatic rings. The van der Waals surface area contributed by atoms with Gasteiger partial charge >= 0.3 is 0 Å². The number of hydrogen-bond donors (Lipinski definition) is 0. The maximum atomic E-state index is 2.33. The zero-order chi connectivity index (χ0) is 7.56. The summed E-state index contributed by atoms with van der Waals surface area (Å²) < 4.78 is 0. The Hall–Kier alpha value is -0.520. The van der Waals surface area contributed by atoms with E-state index in [-0.39, 0.29) is 0 Å². The molecule has 0 saturated carbocycles. The summed E-state index contributed by atoms with van der Waals surface area (Å²) in [6, 6.07) is 0. The SMILES string of the molecule is CC1=CCCC(C(C)C)=C1. The van der Waals surface area contributed by atoms with Crippen LogP contribution in [0.1, 0.15) is 33.6 Å². The molecule has 0 N–H and O–H groups in total. The summed E-state index contributed by atoms with van der Waals surface area (Å²) in [5.41, 5.74) is 3.05. The van der Waals surface area contributed by atoms with E-state index in [1.54, 1.807) is 5.57 Å². The molecule has 0 heteroatoms. The lowest BCUT2D eigenvalue weighted by Gasteiger charge is -2.14. The predicted octanol–water partition coefficient (Wildman–Crippen LogP) is 3.31. The maximum Gasteiger partial charge on any atom is -0.0257 e. The first-order valence-corrected chi connectivity index (χ1v) is 4.07. The van der Waals surface area contributed by atoms with E-state index in [2.05, 4.69) is 32.9 Å². The molecule has 0 heterocycles. The van der Waals surface area contributed by atoms with Crippen LogP contribution in [0, 0.1) is 5.92 Å². The highest BCUT2D eigenvalue weighted by Gasteiger charge is 2.05. The van der Waals surface area contributed by atoms with Gasteiger partial charge in [0.15, 0.2) is 0 Å². The minimum Gasteiger partial charge on any atom is -0.0813 e. The van der Waals surface area contributed by atoms with Gasteiger partial charge in [-0.15, -0.1) is 0 Å². The Balaban J connectivity index is 2.69. The Morgan fingerprint density at radius 2 is 2.10 bits per heavy atom. The van der Waals surface area contributed by atoms with Gasteiger partial charge in [0.25, 0.3) is 0 Å². The Morgan fingerprint density at radius 1 is 1.40 bits per heavy atom. The van der Waals surface area contributed by atoms with E-state index in [1.165, 1.54) is 18.4 Å². The minimum absolute atomic E-state index is 0.739. The molecule has 0 atom stereocenters. The van der Waals surface area contributed by atoms with Gasteiger partial charge in [-0.25, -0.2) is 0 Å². The van der Waals surface area contributed by atoms with Crippen LogP contribution in [-0.4, -0.2) is 0 Å². The number of allylic oxidation sites excluding steroid dienone is 4. The first kappa shape index (κ1) is 7.59. The van der Waals surface area contributed by atoms with Crippen molar-refractivity contribution in [2.45, 2.75) is 33.6 Å². The van der Waals surface area contributed by atoms with Gasteiger partial charge in [0.2, 0.25) is 0 Å². The van der Waals surface area contributed by atoms with Gasteiger partial charge in [0.1, 0.15) is 0 Å². The van der Waals surface area contributed by atoms with Gasteiger partial charge in [-0.1, -0.05) is 37.1 Å². The summed E-state index contributed by atoms with van der Waals surface area (Å²) >= 11 is 0. The molecule has 10 heavy (non-hydrogen) atoms. The molecule has 0 aromatic carbocycles. The molecule has 0 fully saturated rings. The molecule has 0 bridgehead atoms. The predicted molar refractivity (Wildman–Crippen MR) is 45.9 cm³/mol. The Morgan fingerprint density at radius 3 is 2.50 bits per heavy atom. The molecular weight excluding hydrogens is 120 g/mol. The van der Waals surface area contributed by atoms with E-state index in [0.29, 0.717) is 0 Å². The average Bonchev–Trinajstić information content (AvgIpc) is 1.88. The molecule has 0 aliphatic heterocycles. The fourth-order valence-corrected chi connectivity index (χ4v) is 1.35. The summed E-state index contributed by atoms with van der Waals surface area (Å²) in [5.74, 6) is 0.739. The standard InChI is InChI=1S/C10H16/c1-8(2)10-6-4-5-9(3)7-10/h5,7-8H,4,6H2,1-3H3. The second-order valence-corrected chi connectivity index (χ2v) is 3.36. The minimum atomic E-state index is 0.739. The van der Waals surface area contributed by atoms with Crippen molar-refractivity contribution in [3.05, 3.63) is 23.3 Å². The van der Waals surface area contributed by atoms with Gasteiger partial charge in [0.05, 0.1) is 0 Å². The fraction of sp³-hybridized carbons (Fsp3) is 0.600. The molecule has 56 valence electrons. The third-order valence-corrected chi connectivity index (χ3v) is 2.05. The molecule has 1 aliphatic carbocycles. The smallest absolute Gasteiger partial charge is 0.0257 e. The van der Waals surface area contributed by atoms with Crippen LogP contribution in [0.2, 0.25) is 0 Å². The maximum absolute atomic E-state index is 2.33. The van der Waals surface area contributed by atoms with Gasteiger partial charge in [-0.3, -0.25) is 0 Å². The fourth-order valence-electron chi connectivity index (χ4n) is 1.35. The van der Waals surface area contributed by atoms with Crippen molar-refractivity contribution >= 4 is 0 Å². The highest BCUT2D eigenvalue weighted by molar-refractivity contribution is 5.26. The first-order valence-electron chi connectivity index (χ1n) is 4.07. The molecule has 0 nitrogen and oxygen atoms in total. The summed E-state index contributed by atoms with van der Waals surface area (Å²) in [6.07, 6.45) is 7.16. The third-order valence-electron chi connectivity index (χ3n) is 2.05. The molecular formula is C10H16. The van der Waals surface area contributed by atoms with Crippen LogP contribution in [0.4, 0.5) is 0 Å². The van der Waals surface area contributed by atoms with Gasteiger partial charge < -0.3 is 0 Å². The quantitative estimate of drug-likeness (QED) is 0.518. The third kappa shape index (κ3) is 1.73. The van der Waals surface area contributed by atoms with Crippen molar-refractivity contribution < 1.29 is 0 Å². The molecule has 0 amide bonds. The Bertz CT molecular complexity index is 170. The molecule has 1 rings (SSSR count). The molecule has 0 aromatic heterocycles. The van der Waals surface area contributed by atoms with Crippen molar-refractivity contribution in [3.8, 4) is 0 Å². The highest BCUT2D eigenvalue weighted by atomic mass is 14.1. The van der Waals surface area contributed by atoms with Crippen LogP contribution in [0.5, 0.6) is 0 Å². The lowest BCUT2D eigenvalue weighted by molar-refractivity contribution is 0.706.